The Morgan fingerprint density at radius 2 is 1.57 bits per heavy atom. The molecule has 0 saturated carbocycles. The first-order chi connectivity index (χ1) is 13.4. The predicted octanol–water partition coefficient (Wildman–Crippen LogP) is 3.42. The van der Waals surface area contributed by atoms with Gasteiger partial charge in [-0.3, -0.25) is 20.4 Å². The largest absolute Gasteiger partial charge is 0.484 e. The second kappa shape index (κ2) is 10.3. The third-order valence-corrected chi connectivity index (χ3v) is 4.61. The van der Waals surface area contributed by atoms with Crippen LogP contribution in [-0.4, -0.2) is 25.0 Å². The Balaban J connectivity index is 1.75. The first-order valence-electron chi connectivity index (χ1n) is 9.40. The van der Waals surface area contributed by atoms with Crippen LogP contribution in [0.25, 0.3) is 0 Å². The molecule has 2 rings (SSSR count). The van der Waals surface area contributed by atoms with Gasteiger partial charge >= 0.3 is 0 Å². The fraction of sp³-hybridized carbons (Fsp3) is 0.364. The van der Waals surface area contributed by atoms with E-state index in [4.69, 9.17) is 9.47 Å². The van der Waals surface area contributed by atoms with Crippen molar-refractivity contribution in [1.29, 1.82) is 0 Å². The van der Waals surface area contributed by atoms with Gasteiger partial charge < -0.3 is 9.47 Å². The maximum absolute atomic E-state index is 11.9. The lowest BCUT2D eigenvalue weighted by molar-refractivity contribution is -0.131. The number of carbonyl (C=O) groups excluding carboxylic acids is 2. The number of hydrogen-bond acceptors (Lipinski definition) is 4. The van der Waals surface area contributed by atoms with Gasteiger partial charge in [0.25, 0.3) is 11.8 Å². The Morgan fingerprint density at radius 3 is 2.21 bits per heavy atom. The molecular weight excluding hydrogens is 356 g/mol. The summed E-state index contributed by atoms with van der Waals surface area (Å²) in [5, 5.41) is 0. The van der Waals surface area contributed by atoms with Crippen molar-refractivity contribution < 1.29 is 19.1 Å². The molecule has 2 aromatic carbocycles. The number of ether oxygens (including phenoxy) is 2. The van der Waals surface area contributed by atoms with Crippen molar-refractivity contribution in [2.45, 2.75) is 40.0 Å². The predicted molar refractivity (Wildman–Crippen MR) is 108 cm³/mol. The molecular formula is C22H28N2O4. The Labute approximate surface area is 166 Å². The number of hydrazine groups is 1. The summed E-state index contributed by atoms with van der Waals surface area (Å²) in [5.74, 6) is 0.720. The van der Waals surface area contributed by atoms with Gasteiger partial charge in [0.05, 0.1) is 0 Å². The molecule has 0 saturated heterocycles. The lowest BCUT2D eigenvalue weighted by Crippen LogP contribution is -2.45. The van der Waals surface area contributed by atoms with E-state index in [1.807, 2.05) is 50.2 Å². The number of para-hydroxylation sites is 1. The van der Waals surface area contributed by atoms with Gasteiger partial charge in [-0.15, -0.1) is 0 Å². The van der Waals surface area contributed by atoms with E-state index in [9.17, 15) is 9.59 Å². The number of nitrogens with one attached hydrogen (secondary N) is 2. The second-order valence-electron chi connectivity index (χ2n) is 6.77. The standard InChI is InChI=1S/C22H28N2O4/c1-5-15(2)19-8-6-7-9-20(19)28-14-22(26)24-23-21(25)13-27-18-11-10-16(3)17(4)12-18/h6-12,15H,5,13-14H2,1-4H3,(H,23,25)(H,24,26). The van der Waals surface area contributed by atoms with Crippen molar-refractivity contribution in [2.24, 2.45) is 0 Å². The molecule has 28 heavy (non-hydrogen) atoms. The molecule has 0 aliphatic heterocycles. The zero-order valence-corrected chi connectivity index (χ0v) is 16.9. The number of rotatable bonds is 8. The van der Waals surface area contributed by atoms with Crippen molar-refractivity contribution in [3.8, 4) is 11.5 Å². The molecule has 2 amide bonds. The molecule has 0 aliphatic rings. The van der Waals surface area contributed by atoms with E-state index < -0.39 is 11.8 Å². The summed E-state index contributed by atoms with van der Waals surface area (Å²) in [4.78, 5) is 23.8. The Bertz CT molecular complexity index is 820. The van der Waals surface area contributed by atoms with Gasteiger partial charge in [-0.1, -0.05) is 38.1 Å². The van der Waals surface area contributed by atoms with Crippen molar-refractivity contribution in [1.82, 2.24) is 10.9 Å². The first kappa shape index (κ1) is 21.3. The SMILES string of the molecule is CCC(C)c1ccccc1OCC(=O)NNC(=O)COc1ccc(C)c(C)c1. The number of benzene rings is 2. The number of aryl methyl sites for hydroxylation is 2. The third-order valence-electron chi connectivity index (χ3n) is 4.61. The van der Waals surface area contributed by atoms with Crippen LogP contribution in [0.1, 0.15) is 42.9 Å². The van der Waals surface area contributed by atoms with E-state index in [2.05, 4.69) is 24.7 Å². The molecule has 6 nitrogen and oxygen atoms in total. The van der Waals surface area contributed by atoms with Gasteiger partial charge in [-0.25, -0.2) is 0 Å². The first-order valence-corrected chi connectivity index (χ1v) is 9.40. The Hall–Kier alpha value is -3.02. The molecule has 150 valence electrons. The van der Waals surface area contributed by atoms with Crippen LogP contribution in [0.4, 0.5) is 0 Å². The molecule has 2 aromatic rings. The lowest BCUT2D eigenvalue weighted by atomic mass is 9.98. The van der Waals surface area contributed by atoms with Crippen LogP contribution in [0.5, 0.6) is 11.5 Å². The van der Waals surface area contributed by atoms with E-state index in [0.717, 1.165) is 23.1 Å². The molecule has 1 atom stereocenters. The summed E-state index contributed by atoms with van der Waals surface area (Å²) in [7, 11) is 0. The topological polar surface area (TPSA) is 76.7 Å². The molecule has 0 radical (unpaired) electrons. The summed E-state index contributed by atoms with van der Waals surface area (Å²) >= 11 is 0. The van der Waals surface area contributed by atoms with Gasteiger partial charge in [0.1, 0.15) is 11.5 Å². The smallest absolute Gasteiger partial charge is 0.276 e. The van der Waals surface area contributed by atoms with E-state index in [1.54, 1.807) is 6.07 Å². The number of hydrogen-bond donors (Lipinski definition) is 2. The monoisotopic (exact) mass is 384 g/mol. The highest BCUT2D eigenvalue weighted by Crippen LogP contribution is 2.28. The lowest BCUT2D eigenvalue weighted by Gasteiger charge is -2.15. The summed E-state index contributed by atoms with van der Waals surface area (Å²) < 4.78 is 11.0. The normalized spacial score (nSPS) is 11.4. The summed E-state index contributed by atoms with van der Waals surface area (Å²) in [6.07, 6.45) is 0.975. The average molecular weight is 384 g/mol. The molecule has 6 heteroatoms. The molecule has 0 fully saturated rings. The van der Waals surface area contributed by atoms with Crippen LogP contribution in [0.3, 0.4) is 0 Å². The summed E-state index contributed by atoms with van der Waals surface area (Å²) in [6, 6.07) is 13.2. The molecule has 0 aromatic heterocycles. The fourth-order valence-electron chi connectivity index (χ4n) is 2.55. The van der Waals surface area contributed by atoms with Crippen LogP contribution in [0, 0.1) is 13.8 Å². The third kappa shape index (κ3) is 6.30. The van der Waals surface area contributed by atoms with Gasteiger partial charge in [0.2, 0.25) is 0 Å². The maximum atomic E-state index is 11.9. The van der Waals surface area contributed by atoms with E-state index >= 15 is 0 Å². The Kier molecular flexibility index (Phi) is 7.87. The minimum Gasteiger partial charge on any atom is -0.484 e. The molecule has 0 spiro atoms. The Morgan fingerprint density at radius 1 is 0.929 bits per heavy atom. The highest BCUT2D eigenvalue weighted by Gasteiger charge is 2.12. The van der Waals surface area contributed by atoms with Crippen molar-refractivity contribution in [3.63, 3.8) is 0 Å². The molecule has 0 heterocycles. The van der Waals surface area contributed by atoms with Gasteiger partial charge in [-0.05, 0) is 61.1 Å². The fourth-order valence-corrected chi connectivity index (χ4v) is 2.55. The maximum Gasteiger partial charge on any atom is 0.276 e. The molecule has 0 bridgehead atoms. The van der Waals surface area contributed by atoms with Crippen LogP contribution in [0.2, 0.25) is 0 Å². The molecule has 0 aliphatic carbocycles. The highest BCUT2D eigenvalue weighted by atomic mass is 16.5. The molecule has 1 unspecified atom stereocenters. The van der Waals surface area contributed by atoms with Crippen molar-refractivity contribution in [3.05, 3.63) is 59.2 Å². The minimum atomic E-state index is -0.452. The van der Waals surface area contributed by atoms with Crippen LogP contribution >= 0.6 is 0 Å². The quantitative estimate of drug-likeness (QED) is 0.684. The van der Waals surface area contributed by atoms with Gasteiger partial charge in [-0.2, -0.15) is 0 Å². The minimum absolute atomic E-state index is 0.189. The van der Waals surface area contributed by atoms with Crippen molar-refractivity contribution in [2.75, 3.05) is 13.2 Å². The summed E-state index contributed by atoms with van der Waals surface area (Å²) in [5.41, 5.74) is 7.94. The number of amides is 2. The van der Waals surface area contributed by atoms with Crippen LogP contribution < -0.4 is 20.3 Å². The average Bonchev–Trinajstić information content (AvgIpc) is 2.71. The zero-order valence-electron chi connectivity index (χ0n) is 16.9. The highest BCUT2D eigenvalue weighted by molar-refractivity contribution is 5.83. The second-order valence-corrected chi connectivity index (χ2v) is 6.77. The number of carbonyl (C=O) groups is 2. The van der Waals surface area contributed by atoms with E-state index in [0.29, 0.717) is 17.4 Å². The van der Waals surface area contributed by atoms with E-state index in [1.165, 1.54) is 0 Å². The summed E-state index contributed by atoms with van der Waals surface area (Å²) in [6.45, 7) is 7.81. The zero-order chi connectivity index (χ0) is 20.5. The van der Waals surface area contributed by atoms with E-state index in [-0.39, 0.29) is 13.2 Å². The molecule has 2 N–H and O–H groups in total. The van der Waals surface area contributed by atoms with Gasteiger partial charge in [0.15, 0.2) is 13.2 Å². The van der Waals surface area contributed by atoms with Crippen LogP contribution in [-0.2, 0) is 9.59 Å². The van der Waals surface area contributed by atoms with Gasteiger partial charge in [0, 0.05) is 0 Å². The van der Waals surface area contributed by atoms with Crippen molar-refractivity contribution >= 4 is 11.8 Å². The van der Waals surface area contributed by atoms with Crippen LogP contribution in [0.15, 0.2) is 42.5 Å².